The lowest BCUT2D eigenvalue weighted by Crippen LogP contribution is -2.49. The lowest BCUT2D eigenvalue weighted by molar-refractivity contribution is -0.0440. The molecule has 1 saturated heterocycles. The van der Waals surface area contributed by atoms with E-state index in [0.717, 1.165) is 37.3 Å². The second-order valence-electron chi connectivity index (χ2n) is 5.82. The molecule has 0 saturated carbocycles. The summed E-state index contributed by atoms with van der Waals surface area (Å²) in [4.78, 5) is 19.1. The van der Waals surface area contributed by atoms with Crippen LogP contribution < -0.4 is 5.32 Å². The average molecular weight is 291 g/mol. The summed E-state index contributed by atoms with van der Waals surface area (Å²) in [5.41, 5.74) is 1.39. The van der Waals surface area contributed by atoms with Gasteiger partial charge in [-0.15, -0.1) is 0 Å². The molecular formula is C16H25N3O2. The minimum atomic E-state index is -0.236. The number of methoxy groups -OCH3 is 1. The predicted molar refractivity (Wildman–Crippen MR) is 83.7 cm³/mol. The number of hydrogen-bond acceptors (Lipinski definition) is 4. The SMILES string of the molecule is CCc1cc(C(=O)N2CCCC(C)(OC)C2)cc(NC)n1. The van der Waals surface area contributed by atoms with E-state index in [1.54, 1.807) is 7.11 Å². The van der Waals surface area contributed by atoms with Crippen LogP contribution in [-0.2, 0) is 11.2 Å². The Morgan fingerprint density at radius 3 is 2.90 bits per heavy atom. The number of anilines is 1. The minimum absolute atomic E-state index is 0.0616. The number of hydrogen-bond donors (Lipinski definition) is 1. The third-order valence-electron chi connectivity index (χ3n) is 4.18. The van der Waals surface area contributed by atoms with Crippen molar-refractivity contribution in [2.45, 2.75) is 38.7 Å². The molecule has 0 aliphatic carbocycles. The number of ether oxygens (including phenoxy) is 1. The van der Waals surface area contributed by atoms with Crippen LogP contribution in [-0.4, -0.2) is 48.6 Å². The highest BCUT2D eigenvalue weighted by molar-refractivity contribution is 5.95. The highest BCUT2D eigenvalue weighted by Crippen LogP contribution is 2.25. The molecule has 1 N–H and O–H groups in total. The molecule has 1 amide bonds. The number of nitrogens with one attached hydrogen (secondary N) is 1. The van der Waals surface area contributed by atoms with Crippen molar-refractivity contribution in [1.82, 2.24) is 9.88 Å². The van der Waals surface area contributed by atoms with Crippen LogP contribution in [0.25, 0.3) is 0 Å². The third-order valence-corrected chi connectivity index (χ3v) is 4.18. The highest BCUT2D eigenvalue weighted by Gasteiger charge is 2.33. The summed E-state index contributed by atoms with van der Waals surface area (Å²) >= 11 is 0. The van der Waals surface area contributed by atoms with Gasteiger partial charge in [0.15, 0.2) is 0 Å². The van der Waals surface area contributed by atoms with Crippen LogP contribution >= 0.6 is 0 Å². The summed E-state index contributed by atoms with van der Waals surface area (Å²) in [6.45, 7) is 5.53. The number of likely N-dealkylation sites (tertiary alicyclic amines) is 1. The molecule has 1 aromatic heterocycles. The van der Waals surface area contributed by atoms with Gasteiger partial charge in [0.2, 0.25) is 0 Å². The maximum Gasteiger partial charge on any atom is 0.254 e. The molecule has 2 heterocycles. The van der Waals surface area contributed by atoms with Gasteiger partial charge in [0.1, 0.15) is 5.82 Å². The van der Waals surface area contributed by atoms with Crippen molar-refractivity contribution in [2.24, 2.45) is 0 Å². The van der Waals surface area contributed by atoms with Gasteiger partial charge in [-0.05, 0) is 38.3 Å². The number of aromatic nitrogens is 1. The first-order valence-corrected chi connectivity index (χ1v) is 7.54. The first-order valence-electron chi connectivity index (χ1n) is 7.54. The Labute approximate surface area is 126 Å². The molecule has 116 valence electrons. The van der Waals surface area contributed by atoms with E-state index in [4.69, 9.17) is 4.74 Å². The van der Waals surface area contributed by atoms with Crippen LogP contribution in [0.2, 0.25) is 0 Å². The van der Waals surface area contributed by atoms with E-state index in [-0.39, 0.29) is 11.5 Å². The summed E-state index contributed by atoms with van der Waals surface area (Å²) in [6.07, 6.45) is 2.78. The van der Waals surface area contributed by atoms with Crippen molar-refractivity contribution in [3.05, 3.63) is 23.4 Å². The molecule has 1 unspecified atom stereocenters. The fourth-order valence-corrected chi connectivity index (χ4v) is 2.75. The van der Waals surface area contributed by atoms with Gasteiger partial charge < -0.3 is 15.0 Å². The molecule has 1 aromatic rings. The summed E-state index contributed by atoms with van der Waals surface area (Å²) in [5.74, 6) is 0.802. The first kappa shape index (κ1) is 15.8. The van der Waals surface area contributed by atoms with E-state index in [1.165, 1.54) is 0 Å². The first-order chi connectivity index (χ1) is 10.0. The zero-order chi connectivity index (χ0) is 15.5. The normalized spacial score (nSPS) is 22.2. The number of aryl methyl sites for hydroxylation is 1. The number of amides is 1. The average Bonchev–Trinajstić information content (AvgIpc) is 2.53. The van der Waals surface area contributed by atoms with Crippen molar-refractivity contribution in [1.29, 1.82) is 0 Å². The number of carbonyl (C=O) groups is 1. The Kier molecular flexibility index (Phi) is 4.83. The van der Waals surface area contributed by atoms with Crippen molar-refractivity contribution < 1.29 is 9.53 Å². The topological polar surface area (TPSA) is 54.5 Å². The van der Waals surface area contributed by atoms with Gasteiger partial charge in [-0.3, -0.25) is 4.79 Å². The molecule has 1 aliphatic heterocycles. The van der Waals surface area contributed by atoms with Crippen LogP contribution in [0.1, 0.15) is 42.7 Å². The zero-order valence-corrected chi connectivity index (χ0v) is 13.4. The Morgan fingerprint density at radius 2 is 2.29 bits per heavy atom. The highest BCUT2D eigenvalue weighted by atomic mass is 16.5. The maximum atomic E-state index is 12.8. The second-order valence-corrected chi connectivity index (χ2v) is 5.82. The molecular weight excluding hydrogens is 266 g/mol. The Morgan fingerprint density at radius 1 is 1.52 bits per heavy atom. The largest absolute Gasteiger partial charge is 0.377 e. The number of piperidine rings is 1. The second kappa shape index (κ2) is 6.43. The standard InChI is InChI=1S/C16H25N3O2/c1-5-13-9-12(10-14(17-3)18-13)15(20)19-8-6-7-16(2,11-19)21-4/h9-10H,5-8,11H2,1-4H3,(H,17,18). The molecule has 5 nitrogen and oxygen atoms in total. The number of carbonyl (C=O) groups excluding carboxylic acids is 1. The smallest absolute Gasteiger partial charge is 0.254 e. The van der Waals surface area contributed by atoms with E-state index < -0.39 is 0 Å². The molecule has 0 radical (unpaired) electrons. The van der Waals surface area contributed by atoms with Crippen LogP contribution in [0.4, 0.5) is 5.82 Å². The Hall–Kier alpha value is -1.62. The quantitative estimate of drug-likeness (QED) is 0.925. The van der Waals surface area contributed by atoms with Gasteiger partial charge in [-0.2, -0.15) is 0 Å². The predicted octanol–water partition coefficient (Wildman–Crippen LogP) is 2.33. The molecule has 0 aromatic carbocycles. The molecule has 0 bridgehead atoms. The summed E-state index contributed by atoms with van der Waals surface area (Å²) in [5, 5.41) is 3.02. The van der Waals surface area contributed by atoms with E-state index in [0.29, 0.717) is 12.1 Å². The van der Waals surface area contributed by atoms with Crippen LogP contribution in [0.5, 0.6) is 0 Å². The van der Waals surface area contributed by atoms with Gasteiger partial charge in [-0.25, -0.2) is 4.98 Å². The van der Waals surface area contributed by atoms with Crippen molar-refractivity contribution in [3.8, 4) is 0 Å². The van der Waals surface area contributed by atoms with E-state index in [9.17, 15) is 4.79 Å². The Bertz CT molecular complexity index is 496. The molecule has 1 aliphatic rings. The van der Waals surface area contributed by atoms with Gasteiger partial charge in [0.05, 0.1) is 5.60 Å². The number of nitrogens with zero attached hydrogens (tertiary/aromatic N) is 2. The lowest BCUT2D eigenvalue weighted by atomic mass is 9.94. The molecule has 2 rings (SSSR count). The monoisotopic (exact) mass is 291 g/mol. The fourth-order valence-electron chi connectivity index (χ4n) is 2.75. The zero-order valence-electron chi connectivity index (χ0n) is 13.4. The van der Waals surface area contributed by atoms with Crippen LogP contribution in [0.15, 0.2) is 12.1 Å². The minimum Gasteiger partial charge on any atom is -0.377 e. The third kappa shape index (κ3) is 3.53. The molecule has 21 heavy (non-hydrogen) atoms. The van der Waals surface area contributed by atoms with E-state index in [2.05, 4.69) is 17.2 Å². The van der Waals surface area contributed by atoms with Gasteiger partial charge in [0, 0.05) is 38.5 Å². The lowest BCUT2D eigenvalue weighted by Gasteiger charge is -2.39. The molecule has 5 heteroatoms. The molecule has 1 fully saturated rings. The van der Waals surface area contributed by atoms with Crippen LogP contribution in [0, 0.1) is 0 Å². The maximum absolute atomic E-state index is 12.8. The summed E-state index contributed by atoms with van der Waals surface area (Å²) in [7, 11) is 3.54. The van der Waals surface area contributed by atoms with E-state index in [1.807, 2.05) is 31.0 Å². The van der Waals surface area contributed by atoms with E-state index >= 15 is 0 Å². The van der Waals surface area contributed by atoms with Gasteiger partial charge >= 0.3 is 0 Å². The number of rotatable bonds is 4. The van der Waals surface area contributed by atoms with Crippen molar-refractivity contribution in [2.75, 3.05) is 32.6 Å². The van der Waals surface area contributed by atoms with Gasteiger partial charge in [0.25, 0.3) is 5.91 Å². The van der Waals surface area contributed by atoms with Gasteiger partial charge in [-0.1, -0.05) is 6.92 Å². The van der Waals surface area contributed by atoms with Crippen molar-refractivity contribution >= 4 is 11.7 Å². The summed E-state index contributed by atoms with van der Waals surface area (Å²) < 4.78 is 5.57. The Balaban J connectivity index is 2.23. The summed E-state index contributed by atoms with van der Waals surface area (Å²) in [6, 6.07) is 3.71. The fraction of sp³-hybridized carbons (Fsp3) is 0.625. The number of pyridine rings is 1. The van der Waals surface area contributed by atoms with Crippen molar-refractivity contribution in [3.63, 3.8) is 0 Å². The molecule has 0 spiro atoms. The molecule has 1 atom stereocenters. The van der Waals surface area contributed by atoms with Crippen LogP contribution in [0.3, 0.4) is 0 Å².